The molecule has 104 valence electrons. The van der Waals surface area contributed by atoms with Gasteiger partial charge in [0, 0.05) is 30.2 Å². The molecule has 0 spiro atoms. The summed E-state index contributed by atoms with van der Waals surface area (Å²) in [5.74, 6) is -0.898. The number of carboxylic acids is 1. The summed E-state index contributed by atoms with van der Waals surface area (Å²) in [6.07, 6.45) is 3.85. The van der Waals surface area contributed by atoms with E-state index in [-0.39, 0.29) is 17.9 Å². The summed E-state index contributed by atoms with van der Waals surface area (Å²) in [5, 5.41) is 9.87. The van der Waals surface area contributed by atoms with Crippen molar-refractivity contribution in [3.63, 3.8) is 0 Å². The molecule has 3 rings (SSSR count). The van der Waals surface area contributed by atoms with Crippen molar-refractivity contribution >= 4 is 22.8 Å². The number of aromatic nitrogens is 1. The number of fused-ring (bicyclic) bond motifs is 1. The summed E-state index contributed by atoms with van der Waals surface area (Å²) in [5.41, 5.74) is 1.76. The number of nitrogens with one attached hydrogen (secondary N) is 1. The van der Waals surface area contributed by atoms with Gasteiger partial charge in [-0.1, -0.05) is 12.1 Å². The molecule has 0 bridgehead atoms. The zero-order valence-corrected chi connectivity index (χ0v) is 11.1. The van der Waals surface area contributed by atoms with Gasteiger partial charge in [-0.05, 0) is 24.5 Å². The van der Waals surface area contributed by atoms with E-state index >= 15 is 0 Å². The van der Waals surface area contributed by atoms with Gasteiger partial charge >= 0.3 is 5.97 Å². The molecule has 0 atom stereocenters. The first-order valence-corrected chi connectivity index (χ1v) is 6.77. The molecular formula is C15H16N2O3. The lowest BCUT2D eigenvalue weighted by molar-refractivity contribution is -0.129. The Labute approximate surface area is 116 Å². The molecule has 5 heteroatoms. The Bertz CT molecular complexity index is 669. The second kappa shape index (κ2) is 5.00. The van der Waals surface area contributed by atoms with Gasteiger partial charge in [0.15, 0.2) is 0 Å². The van der Waals surface area contributed by atoms with Crippen molar-refractivity contribution in [3.05, 3.63) is 35.5 Å². The average Bonchev–Trinajstić information content (AvgIpc) is 3.08. The predicted octanol–water partition coefficient (Wildman–Crippen LogP) is 2.03. The summed E-state index contributed by atoms with van der Waals surface area (Å²) in [4.78, 5) is 28.3. The number of aromatic amines is 1. The average molecular weight is 272 g/mol. The van der Waals surface area contributed by atoms with E-state index in [0.29, 0.717) is 5.39 Å². The lowest BCUT2D eigenvalue weighted by Crippen LogP contribution is -2.29. The highest BCUT2D eigenvalue weighted by molar-refractivity contribution is 6.05. The van der Waals surface area contributed by atoms with Crippen molar-refractivity contribution < 1.29 is 14.7 Å². The monoisotopic (exact) mass is 272 g/mol. The highest BCUT2D eigenvalue weighted by Crippen LogP contribution is 2.24. The largest absolute Gasteiger partial charge is 0.478 e. The van der Waals surface area contributed by atoms with E-state index in [4.69, 9.17) is 0 Å². The molecule has 0 unspecified atom stereocenters. The number of hydrogen-bond acceptors (Lipinski definition) is 2. The zero-order chi connectivity index (χ0) is 14.1. The summed E-state index contributed by atoms with van der Waals surface area (Å²) >= 11 is 0. The number of rotatable bonds is 3. The second-order valence-electron chi connectivity index (χ2n) is 5.11. The van der Waals surface area contributed by atoms with E-state index in [0.717, 1.165) is 37.0 Å². The number of carbonyl (C=O) groups is 2. The van der Waals surface area contributed by atoms with Gasteiger partial charge in [-0.3, -0.25) is 4.79 Å². The third-order valence-electron chi connectivity index (χ3n) is 3.82. The van der Waals surface area contributed by atoms with Gasteiger partial charge in [-0.25, -0.2) is 4.79 Å². The van der Waals surface area contributed by atoms with Gasteiger partial charge in [0.1, 0.15) is 0 Å². The number of carboxylic acid groups (broad SMARTS) is 1. The van der Waals surface area contributed by atoms with Crippen molar-refractivity contribution in [2.45, 2.75) is 19.3 Å². The Morgan fingerprint density at radius 2 is 2.00 bits per heavy atom. The predicted molar refractivity (Wildman–Crippen MR) is 74.8 cm³/mol. The molecule has 20 heavy (non-hydrogen) atoms. The maximum absolute atomic E-state index is 12.2. The van der Waals surface area contributed by atoms with Crippen LogP contribution in [0.5, 0.6) is 0 Å². The number of carbonyl (C=O) groups excluding carboxylic acids is 1. The molecule has 1 aromatic heterocycles. The van der Waals surface area contributed by atoms with Crippen LogP contribution in [0.2, 0.25) is 0 Å². The summed E-state index contributed by atoms with van der Waals surface area (Å²) < 4.78 is 0. The molecule has 1 saturated heterocycles. The topological polar surface area (TPSA) is 73.4 Å². The molecule has 1 aliphatic heterocycles. The quantitative estimate of drug-likeness (QED) is 0.898. The maximum Gasteiger partial charge on any atom is 0.337 e. The van der Waals surface area contributed by atoms with Crippen molar-refractivity contribution in [2.75, 3.05) is 13.1 Å². The number of likely N-dealkylation sites (tertiary alicyclic amines) is 1. The molecule has 0 saturated carbocycles. The van der Waals surface area contributed by atoms with Crippen LogP contribution in [0.4, 0.5) is 0 Å². The number of hydrogen-bond donors (Lipinski definition) is 2. The zero-order valence-electron chi connectivity index (χ0n) is 11.1. The van der Waals surface area contributed by atoms with Crippen molar-refractivity contribution in [3.8, 4) is 0 Å². The molecule has 2 heterocycles. The molecule has 0 aliphatic carbocycles. The van der Waals surface area contributed by atoms with Crippen LogP contribution in [0.15, 0.2) is 24.4 Å². The number of aromatic carboxylic acids is 1. The van der Waals surface area contributed by atoms with Gasteiger partial charge in [-0.15, -0.1) is 0 Å². The lowest BCUT2D eigenvalue weighted by atomic mass is 10.0. The van der Waals surface area contributed by atoms with Crippen LogP contribution in [-0.4, -0.2) is 40.0 Å². The Balaban J connectivity index is 1.96. The van der Waals surface area contributed by atoms with Crippen molar-refractivity contribution in [2.24, 2.45) is 0 Å². The number of nitrogens with zero attached hydrogens (tertiary/aromatic N) is 1. The van der Waals surface area contributed by atoms with Crippen LogP contribution in [0, 0.1) is 0 Å². The number of H-pyrrole nitrogens is 1. The highest BCUT2D eigenvalue weighted by atomic mass is 16.4. The van der Waals surface area contributed by atoms with E-state index in [1.165, 1.54) is 6.20 Å². The van der Waals surface area contributed by atoms with Gasteiger partial charge in [0.05, 0.1) is 12.0 Å². The van der Waals surface area contributed by atoms with Crippen LogP contribution in [0.25, 0.3) is 10.9 Å². The van der Waals surface area contributed by atoms with Gasteiger partial charge in [-0.2, -0.15) is 0 Å². The third-order valence-corrected chi connectivity index (χ3v) is 3.82. The SMILES string of the molecule is O=C(O)c1c[nH]c2cccc(CC(=O)N3CCCC3)c12. The minimum Gasteiger partial charge on any atom is -0.478 e. The Kier molecular flexibility index (Phi) is 3.18. The number of benzene rings is 1. The smallest absolute Gasteiger partial charge is 0.337 e. The van der Waals surface area contributed by atoms with Crippen LogP contribution in [-0.2, 0) is 11.2 Å². The first kappa shape index (κ1) is 12.7. The Hall–Kier alpha value is -2.30. The first-order chi connectivity index (χ1) is 9.66. The molecule has 1 fully saturated rings. The third kappa shape index (κ3) is 2.15. The molecule has 5 nitrogen and oxygen atoms in total. The summed E-state index contributed by atoms with van der Waals surface area (Å²) in [7, 11) is 0. The molecule has 1 aromatic carbocycles. The fraction of sp³-hybridized carbons (Fsp3) is 0.333. The lowest BCUT2D eigenvalue weighted by Gasteiger charge is -2.15. The van der Waals surface area contributed by atoms with E-state index in [2.05, 4.69) is 4.98 Å². The van der Waals surface area contributed by atoms with Crippen LogP contribution in [0.3, 0.4) is 0 Å². The van der Waals surface area contributed by atoms with Gasteiger partial charge < -0.3 is 15.0 Å². The van der Waals surface area contributed by atoms with Crippen molar-refractivity contribution in [1.82, 2.24) is 9.88 Å². The maximum atomic E-state index is 12.2. The summed E-state index contributed by atoms with van der Waals surface area (Å²) in [6, 6.07) is 5.50. The normalized spacial score (nSPS) is 14.9. The first-order valence-electron chi connectivity index (χ1n) is 6.77. The molecule has 1 aliphatic rings. The molecule has 1 amide bonds. The highest BCUT2D eigenvalue weighted by Gasteiger charge is 2.20. The van der Waals surface area contributed by atoms with E-state index in [9.17, 15) is 14.7 Å². The minimum absolute atomic E-state index is 0.0764. The molecule has 2 aromatic rings. The molecule has 0 radical (unpaired) electrons. The van der Waals surface area contributed by atoms with E-state index in [1.807, 2.05) is 23.1 Å². The fourth-order valence-corrected chi connectivity index (χ4v) is 2.82. The molecule has 2 N–H and O–H groups in total. The van der Waals surface area contributed by atoms with Crippen LogP contribution < -0.4 is 0 Å². The Morgan fingerprint density at radius 3 is 2.70 bits per heavy atom. The number of amides is 1. The fourth-order valence-electron chi connectivity index (χ4n) is 2.82. The van der Waals surface area contributed by atoms with Gasteiger partial charge in [0.2, 0.25) is 5.91 Å². The van der Waals surface area contributed by atoms with E-state index in [1.54, 1.807) is 0 Å². The minimum atomic E-state index is -0.975. The van der Waals surface area contributed by atoms with Gasteiger partial charge in [0.25, 0.3) is 0 Å². The summed E-state index contributed by atoms with van der Waals surface area (Å²) in [6.45, 7) is 1.63. The van der Waals surface area contributed by atoms with Crippen molar-refractivity contribution in [1.29, 1.82) is 0 Å². The van der Waals surface area contributed by atoms with E-state index < -0.39 is 5.97 Å². The Morgan fingerprint density at radius 1 is 1.25 bits per heavy atom. The standard InChI is InChI=1S/C15H16N2O3/c18-13(17-6-1-2-7-17)8-10-4-3-5-12-14(10)11(9-16-12)15(19)20/h3-5,9,16H,1-2,6-8H2,(H,19,20). The van der Waals surface area contributed by atoms with Crippen LogP contribution >= 0.6 is 0 Å². The molecular weight excluding hydrogens is 256 g/mol. The second-order valence-corrected chi connectivity index (χ2v) is 5.11. The van der Waals surface area contributed by atoms with Crippen LogP contribution in [0.1, 0.15) is 28.8 Å².